The Morgan fingerprint density at radius 1 is 1.33 bits per heavy atom. The average Bonchev–Trinajstić information content (AvgIpc) is 3.53. The third-order valence-electron chi connectivity index (χ3n) is 6.51. The zero-order valence-electron chi connectivity index (χ0n) is 15.1. The number of halogens is 2. The summed E-state index contributed by atoms with van der Waals surface area (Å²) in [6.07, 6.45) is 2.82. The Balaban J connectivity index is 0.00000180. The van der Waals surface area contributed by atoms with Crippen LogP contribution in [0, 0.1) is 24.1 Å². The minimum absolute atomic E-state index is 0. The van der Waals surface area contributed by atoms with Gasteiger partial charge in [0.1, 0.15) is 5.82 Å². The molecule has 1 aliphatic heterocycles. The van der Waals surface area contributed by atoms with Gasteiger partial charge in [-0.05, 0) is 44.7 Å². The smallest absolute Gasteiger partial charge is 0.350 e. The third kappa shape index (κ3) is 2.36. The number of hydrogen-bond acceptors (Lipinski definition) is 5. The first kappa shape index (κ1) is 18.3. The molecule has 146 valence electrons. The Hall–Kier alpha value is -2.06. The monoisotopic (exact) mass is 395 g/mol. The number of hydrogen-bond donors (Lipinski definition) is 2. The van der Waals surface area contributed by atoms with Crippen molar-refractivity contribution in [1.82, 2.24) is 9.24 Å². The molecule has 2 heterocycles. The van der Waals surface area contributed by atoms with Gasteiger partial charge in [-0.15, -0.1) is 12.4 Å². The lowest BCUT2D eigenvalue weighted by atomic mass is 10.1. The number of rotatable bonds is 3. The van der Waals surface area contributed by atoms with Crippen molar-refractivity contribution in [3.05, 3.63) is 38.3 Å². The van der Waals surface area contributed by atoms with E-state index in [-0.39, 0.29) is 29.3 Å². The lowest BCUT2D eigenvalue weighted by molar-refractivity contribution is 0.539. The van der Waals surface area contributed by atoms with Crippen LogP contribution < -0.4 is 27.7 Å². The van der Waals surface area contributed by atoms with Crippen LogP contribution in [-0.4, -0.2) is 28.9 Å². The molecule has 7 nitrogen and oxygen atoms in total. The Morgan fingerprint density at radius 2 is 2.04 bits per heavy atom. The third-order valence-corrected chi connectivity index (χ3v) is 6.51. The van der Waals surface area contributed by atoms with Crippen LogP contribution in [0.2, 0.25) is 0 Å². The molecule has 1 aromatic carbocycles. The topological polar surface area (TPSA) is 99.3 Å². The van der Waals surface area contributed by atoms with Crippen LogP contribution in [0.25, 0.3) is 10.9 Å². The predicted molar refractivity (Wildman–Crippen MR) is 105 cm³/mol. The summed E-state index contributed by atoms with van der Waals surface area (Å²) < 4.78 is 17.2. The largest absolute Gasteiger partial charge is 0.368 e. The summed E-state index contributed by atoms with van der Waals surface area (Å²) in [7, 11) is 0. The van der Waals surface area contributed by atoms with Gasteiger partial charge < -0.3 is 16.5 Å². The highest BCUT2D eigenvalue weighted by Crippen LogP contribution is 2.58. The van der Waals surface area contributed by atoms with Gasteiger partial charge >= 0.3 is 5.69 Å². The molecule has 2 aliphatic carbocycles. The molecule has 27 heavy (non-hydrogen) atoms. The number of nitrogen functional groups attached to an aromatic ring is 1. The Kier molecular flexibility index (Phi) is 3.88. The summed E-state index contributed by atoms with van der Waals surface area (Å²) in [6.45, 7) is 3.88. The van der Waals surface area contributed by atoms with Gasteiger partial charge in [-0.3, -0.25) is 9.36 Å². The number of benzene rings is 1. The number of piperidine rings is 1. The lowest BCUT2D eigenvalue weighted by Crippen LogP contribution is -2.44. The maximum Gasteiger partial charge on any atom is 0.350 e. The van der Waals surface area contributed by atoms with Gasteiger partial charge in [-0.1, -0.05) is 0 Å². The van der Waals surface area contributed by atoms with E-state index in [0.29, 0.717) is 33.9 Å². The quantitative estimate of drug-likeness (QED) is 0.751. The highest BCUT2D eigenvalue weighted by Gasteiger charge is 2.59. The molecule has 0 bridgehead atoms. The molecule has 2 atom stereocenters. The maximum absolute atomic E-state index is 15.0. The molecule has 3 aliphatic rings. The molecule has 2 saturated carbocycles. The number of anilines is 1. The van der Waals surface area contributed by atoms with Crippen molar-refractivity contribution >= 4 is 29.0 Å². The summed E-state index contributed by atoms with van der Waals surface area (Å²) >= 11 is 0. The molecule has 0 radical (unpaired) electrons. The standard InChI is InChI=1S/C18H22FN5O2.ClH/c1-9-14-12(16(25)24(21)17(26)23(14)11-2-3-11)4-13(19)15(9)22-6-10-5-18(10,7-20)8-22;/h4,10-11H,2-3,5-8,20-21H2,1H3;1H. The molecular formula is C18H23ClFN5O2. The summed E-state index contributed by atoms with van der Waals surface area (Å²) in [5.41, 5.74) is 6.47. The van der Waals surface area contributed by atoms with Gasteiger partial charge in [0.05, 0.1) is 16.6 Å². The molecule has 3 fully saturated rings. The van der Waals surface area contributed by atoms with Crippen LogP contribution in [0.15, 0.2) is 15.7 Å². The number of aryl methyl sites for hydroxylation is 1. The van der Waals surface area contributed by atoms with Crippen molar-refractivity contribution in [3.8, 4) is 0 Å². The lowest BCUT2D eigenvalue weighted by Gasteiger charge is -2.26. The summed E-state index contributed by atoms with van der Waals surface area (Å²) in [4.78, 5) is 27.1. The highest BCUT2D eigenvalue weighted by atomic mass is 35.5. The molecule has 1 aromatic heterocycles. The van der Waals surface area contributed by atoms with Gasteiger partial charge in [0, 0.05) is 30.1 Å². The van der Waals surface area contributed by atoms with Gasteiger partial charge in [-0.2, -0.15) is 4.68 Å². The molecule has 2 aromatic rings. The molecular weight excluding hydrogens is 373 g/mol. The second-order valence-corrected chi connectivity index (χ2v) is 8.14. The van der Waals surface area contributed by atoms with Crippen molar-refractivity contribution in [3.63, 3.8) is 0 Å². The van der Waals surface area contributed by atoms with E-state index in [1.807, 2.05) is 4.90 Å². The molecule has 5 rings (SSSR count). The number of aromatic nitrogens is 2. The van der Waals surface area contributed by atoms with E-state index in [0.717, 1.165) is 32.4 Å². The molecule has 0 amide bonds. The van der Waals surface area contributed by atoms with Crippen LogP contribution in [0.4, 0.5) is 10.1 Å². The van der Waals surface area contributed by atoms with E-state index in [2.05, 4.69) is 0 Å². The zero-order chi connectivity index (χ0) is 18.4. The van der Waals surface area contributed by atoms with Crippen LogP contribution in [0.5, 0.6) is 0 Å². The van der Waals surface area contributed by atoms with Crippen molar-refractivity contribution in [2.45, 2.75) is 32.2 Å². The maximum atomic E-state index is 15.0. The Morgan fingerprint density at radius 3 is 2.63 bits per heavy atom. The Labute approximate surface area is 161 Å². The van der Waals surface area contributed by atoms with E-state index in [1.165, 1.54) is 6.07 Å². The normalized spacial score (nSPS) is 26.2. The molecule has 0 spiro atoms. The first-order valence-corrected chi connectivity index (χ1v) is 9.08. The van der Waals surface area contributed by atoms with Gasteiger partial charge in [0.25, 0.3) is 5.56 Å². The van der Waals surface area contributed by atoms with E-state index in [1.54, 1.807) is 11.5 Å². The number of fused-ring (bicyclic) bond motifs is 2. The molecule has 2 unspecified atom stereocenters. The van der Waals surface area contributed by atoms with Crippen molar-refractivity contribution in [2.24, 2.45) is 17.1 Å². The number of nitrogens with two attached hydrogens (primary N) is 2. The first-order valence-electron chi connectivity index (χ1n) is 9.08. The average molecular weight is 396 g/mol. The molecule has 9 heteroatoms. The SMILES string of the molecule is Cc1c(N2CC3CC3(CN)C2)c(F)cc2c(=O)n(N)c(=O)n(C3CC3)c12.Cl. The molecule has 4 N–H and O–H groups in total. The minimum Gasteiger partial charge on any atom is -0.368 e. The van der Waals surface area contributed by atoms with Crippen molar-refractivity contribution in [2.75, 3.05) is 30.4 Å². The minimum atomic E-state index is -0.654. The second-order valence-electron chi connectivity index (χ2n) is 8.14. The summed E-state index contributed by atoms with van der Waals surface area (Å²) in [6, 6.07) is 1.26. The number of nitrogens with zero attached hydrogens (tertiary/aromatic N) is 3. The summed E-state index contributed by atoms with van der Waals surface area (Å²) in [5.74, 6) is 5.72. The van der Waals surface area contributed by atoms with Gasteiger partial charge in [0.2, 0.25) is 0 Å². The van der Waals surface area contributed by atoms with E-state index >= 15 is 4.39 Å². The second kappa shape index (κ2) is 5.72. The predicted octanol–water partition coefficient (Wildman–Crippen LogP) is 0.866. The molecule has 1 saturated heterocycles. The van der Waals surface area contributed by atoms with Crippen LogP contribution in [-0.2, 0) is 0 Å². The first-order chi connectivity index (χ1) is 12.4. The van der Waals surface area contributed by atoms with Crippen molar-refractivity contribution < 1.29 is 4.39 Å². The highest BCUT2D eigenvalue weighted by molar-refractivity contribution is 5.87. The summed E-state index contributed by atoms with van der Waals surface area (Å²) in [5, 5.41) is 0.163. The van der Waals surface area contributed by atoms with E-state index in [9.17, 15) is 9.59 Å². The van der Waals surface area contributed by atoms with Crippen molar-refractivity contribution in [1.29, 1.82) is 0 Å². The van der Waals surface area contributed by atoms with Gasteiger partial charge in [-0.25, -0.2) is 9.18 Å². The fourth-order valence-electron chi connectivity index (χ4n) is 4.80. The van der Waals surface area contributed by atoms with Crippen LogP contribution in [0.3, 0.4) is 0 Å². The van der Waals surface area contributed by atoms with Crippen LogP contribution >= 0.6 is 12.4 Å². The van der Waals surface area contributed by atoms with E-state index < -0.39 is 17.1 Å². The fourth-order valence-corrected chi connectivity index (χ4v) is 4.80. The van der Waals surface area contributed by atoms with Gasteiger partial charge in [0.15, 0.2) is 0 Å². The fraction of sp³-hybridized carbons (Fsp3) is 0.556. The zero-order valence-corrected chi connectivity index (χ0v) is 15.9. The Bertz CT molecular complexity index is 1070. The van der Waals surface area contributed by atoms with E-state index in [4.69, 9.17) is 11.6 Å². The van der Waals surface area contributed by atoms with Crippen LogP contribution in [0.1, 0.15) is 30.9 Å².